The van der Waals surface area contributed by atoms with Crippen molar-refractivity contribution in [3.05, 3.63) is 60.4 Å². The van der Waals surface area contributed by atoms with Crippen LogP contribution >= 0.6 is 0 Å². The van der Waals surface area contributed by atoms with E-state index >= 15 is 0 Å². The van der Waals surface area contributed by atoms with Gasteiger partial charge in [0.2, 0.25) is 0 Å². The van der Waals surface area contributed by atoms with Crippen molar-refractivity contribution in [1.29, 1.82) is 0 Å². The number of amides is 2. The van der Waals surface area contributed by atoms with E-state index in [4.69, 9.17) is 10.5 Å². The van der Waals surface area contributed by atoms with E-state index in [2.05, 4.69) is 20.8 Å². The summed E-state index contributed by atoms with van der Waals surface area (Å²) in [6, 6.07) is 12.5. The number of rotatable bonds is 10. The average Bonchev–Trinajstić information content (AvgIpc) is 3.34. The number of aromatic amines is 1. The molecular formula is C23H30N6O3. The molecule has 3 aromatic rings. The predicted molar refractivity (Wildman–Crippen MR) is 126 cm³/mol. The van der Waals surface area contributed by atoms with Crippen molar-refractivity contribution in [2.24, 2.45) is 5.73 Å². The fourth-order valence-electron chi connectivity index (χ4n) is 3.48. The summed E-state index contributed by atoms with van der Waals surface area (Å²) < 4.78 is 5.28. The number of nitrogens with zero attached hydrogens (tertiary/aromatic N) is 2. The summed E-state index contributed by atoms with van der Waals surface area (Å²) in [6.45, 7) is 1.04. The first-order valence-corrected chi connectivity index (χ1v) is 10.4. The Kier molecular flexibility index (Phi) is 8.07. The average molecular weight is 439 g/mol. The Hall–Kier alpha value is -3.56. The first kappa shape index (κ1) is 23.1. The number of likely N-dealkylation sites (N-methyl/N-ethyl adjacent to an activating group) is 1. The van der Waals surface area contributed by atoms with Crippen LogP contribution in [0.1, 0.15) is 18.0 Å². The lowest BCUT2D eigenvalue weighted by Gasteiger charge is -2.24. The number of urea groups is 1. The number of methoxy groups -OCH3 is 1. The molecule has 2 aromatic carbocycles. The van der Waals surface area contributed by atoms with Crippen molar-refractivity contribution in [1.82, 2.24) is 15.5 Å². The largest absolute Gasteiger partial charge is 0.497 e. The maximum Gasteiger partial charge on any atom is 0.319 e. The second-order valence-electron chi connectivity index (χ2n) is 7.37. The van der Waals surface area contributed by atoms with Gasteiger partial charge in [0.15, 0.2) is 0 Å². The summed E-state index contributed by atoms with van der Waals surface area (Å²) in [7, 11) is 3.52. The van der Waals surface area contributed by atoms with Crippen LogP contribution in [0.25, 0.3) is 11.1 Å². The Labute approximate surface area is 187 Å². The zero-order valence-corrected chi connectivity index (χ0v) is 18.3. The lowest BCUT2D eigenvalue weighted by atomic mass is 10.0. The molecule has 1 atom stereocenters. The number of aliphatic hydroxyl groups excluding tert-OH is 1. The third-order valence-corrected chi connectivity index (χ3v) is 5.17. The molecule has 1 heterocycles. The van der Waals surface area contributed by atoms with Crippen molar-refractivity contribution in [2.75, 3.05) is 44.1 Å². The van der Waals surface area contributed by atoms with Gasteiger partial charge in [-0.3, -0.25) is 5.10 Å². The maximum atomic E-state index is 12.9. The third kappa shape index (κ3) is 5.77. The molecule has 0 radical (unpaired) electrons. The lowest BCUT2D eigenvalue weighted by molar-refractivity contribution is 0.239. The van der Waals surface area contributed by atoms with Gasteiger partial charge in [-0.2, -0.15) is 5.10 Å². The summed E-state index contributed by atoms with van der Waals surface area (Å²) >= 11 is 0. The van der Waals surface area contributed by atoms with Crippen molar-refractivity contribution in [3.8, 4) is 16.9 Å². The number of ether oxygens (including phenoxy) is 1. The standard InChI is InChI=1S/C23H30N6O3/c1-29(10-9-24)22-13-16(18-14-25-26-15-18)6-7-21(22)28-23(31)27-20(8-11-30)17-4-3-5-19(12-17)32-2/h3-7,12-15,20,30H,8-11,24H2,1-2H3,(H,25,26)(H2,27,28,31). The molecule has 1 unspecified atom stereocenters. The van der Waals surface area contributed by atoms with Crippen LogP contribution in [-0.2, 0) is 0 Å². The molecule has 2 amide bonds. The molecule has 0 saturated heterocycles. The molecule has 170 valence electrons. The van der Waals surface area contributed by atoms with Gasteiger partial charge in [-0.25, -0.2) is 4.79 Å². The Morgan fingerprint density at radius 3 is 2.81 bits per heavy atom. The van der Waals surface area contributed by atoms with E-state index in [-0.39, 0.29) is 18.7 Å². The minimum atomic E-state index is -0.371. The van der Waals surface area contributed by atoms with Crippen molar-refractivity contribution >= 4 is 17.4 Å². The van der Waals surface area contributed by atoms with Gasteiger partial charge in [-0.1, -0.05) is 18.2 Å². The zero-order valence-electron chi connectivity index (χ0n) is 18.3. The lowest BCUT2D eigenvalue weighted by Crippen LogP contribution is -2.34. The monoisotopic (exact) mass is 438 g/mol. The van der Waals surface area contributed by atoms with E-state index in [0.29, 0.717) is 30.9 Å². The molecule has 3 rings (SSSR count). The SMILES string of the molecule is COc1cccc(C(CCO)NC(=O)Nc2ccc(-c3cn[nH]c3)cc2N(C)CCN)c1. The third-order valence-electron chi connectivity index (χ3n) is 5.17. The van der Waals surface area contributed by atoms with Crippen LogP contribution in [0.4, 0.5) is 16.2 Å². The van der Waals surface area contributed by atoms with E-state index < -0.39 is 0 Å². The Balaban J connectivity index is 1.81. The fourth-order valence-corrected chi connectivity index (χ4v) is 3.48. The van der Waals surface area contributed by atoms with Gasteiger partial charge in [0, 0.05) is 38.5 Å². The number of benzene rings is 2. The van der Waals surface area contributed by atoms with Gasteiger partial charge in [0.1, 0.15) is 5.75 Å². The number of carbonyl (C=O) groups excluding carboxylic acids is 1. The quantitative estimate of drug-likeness (QED) is 0.331. The molecule has 0 saturated carbocycles. The van der Waals surface area contributed by atoms with Crippen LogP contribution in [0.2, 0.25) is 0 Å². The molecule has 0 spiro atoms. The highest BCUT2D eigenvalue weighted by molar-refractivity contribution is 5.94. The number of aromatic nitrogens is 2. The fraction of sp³-hybridized carbons (Fsp3) is 0.304. The van der Waals surface area contributed by atoms with Crippen LogP contribution in [-0.4, -0.2) is 55.2 Å². The summed E-state index contributed by atoms with van der Waals surface area (Å²) in [5.74, 6) is 0.688. The number of nitrogens with two attached hydrogens (primary N) is 1. The van der Waals surface area contributed by atoms with Crippen LogP contribution in [0.5, 0.6) is 5.75 Å². The van der Waals surface area contributed by atoms with Crippen LogP contribution in [0.15, 0.2) is 54.9 Å². The molecule has 32 heavy (non-hydrogen) atoms. The molecule has 0 fully saturated rings. The van der Waals surface area contributed by atoms with E-state index in [1.54, 1.807) is 13.3 Å². The van der Waals surface area contributed by atoms with Gasteiger partial charge in [-0.15, -0.1) is 0 Å². The molecule has 0 aliphatic carbocycles. The number of anilines is 2. The summed E-state index contributed by atoms with van der Waals surface area (Å²) in [5.41, 5.74) is 10.0. The van der Waals surface area contributed by atoms with Crippen molar-refractivity contribution in [2.45, 2.75) is 12.5 Å². The number of nitrogens with one attached hydrogen (secondary N) is 3. The number of aliphatic hydroxyl groups is 1. The normalized spacial score (nSPS) is 11.6. The molecule has 0 aliphatic heterocycles. The number of hydrogen-bond donors (Lipinski definition) is 5. The zero-order chi connectivity index (χ0) is 22.9. The molecule has 0 bridgehead atoms. The van der Waals surface area contributed by atoms with Crippen molar-refractivity contribution in [3.63, 3.8) is 0 Å². The minimum absolute atomic E-state index is 0.0635. The van der Waals surface area contributed by atoms with Crippen molar-refractivity contribution < 1.29 is 14.6 Å². The molecular weight excluding hydrogens is 408 g/mol. The number of hydrogen-bond acceptors (Lipinski definition) is 6. The Morgan fingerprint density at radius 2 is 2.12 bits per heavy atom. The molecule has 9 nitrogen and oxygen atoms in total. The highest BCUT2D eigenvalue weighted by atomic mass is 16.5. The Bertz CT molecular complexity index is 1010. The van der Waals surface area contributed by atoms with Crippen LogP contribution < -0.4 is 26.0 Å². The van der Waals surface area contributed by atoms with Gasteiger partial charge in [0.25, 0.3) is 0 Å². The highest BCUT2D eigenvalue weighted by Crippen LogP contribution is 2.31. The van der Waals surface area contributed by atoms with Gasteiger partial charge in [0.05, 0.1) is 30.7 Å². The summed E-state index contributed by atoms with van der Waals surface area (Å²) in [5, 5.41) is 22.2. The molecule has 0 aliphatic rings. The van der Waals surface area contributed by atoms with Gasteiger partial charge >= 0.3 is 6.03 Å². The van der Waals surface area contributed by atoms with Crippen LogP contribution in [0.3, 0.4) is 0 Å². The molecule has 6 N–H and O–H groups in total. The first-order valence-electron chi connectivity index (χ1n) is 10.4. The smallest absolute Gasteiger partial charge is 0.319 e. The second kappa shape index (κ2) is 11.2. The molecule has 9 heteroatoms. The van der Waals surface area contributed by atoms with E-state index in [0.717, 1.165) is 22.4 Å². The van der Waals surface area contributed by atoms with Gasteiger partial charge in [-0.05, 0) is 41.8 Å². The predicted octanol–water partition coefficient (Wildman–Crippen LogP) is 2.73. The van der Waals surface area contributed by atoms with E-state index in [1.807, 2.05) is 60.6 Å². The van der Waals surface area contributed by atoms with Gasteiger partial charge < -0.3 is 31.1 Å². The topological polar surface area (TPSA) is 129 Å². The number of H-pyrrole nitrogens is 1. The Morgan fingerprint density at radius 1 is 1.28 bits per heavy atom. The second-order valence-corrected chi connectivity index (χ2v) is 7.37. The first-order chi connectivity index (χ1) is 15.5. The van der Waals surface area contributed by atoms with E-state index in [9.17, 15) is 9.90 Å². The highest BCUT2D eigenvalue weighted by Gasteiger charge is 2.17. The summed E-state index contributed by atoms with van der Waals surface area (Å²) in [6.07, 6.45) is 3.94. The maximum absolute atomic E-state index is 12.9. The summed E-state index contributed by atoms with van der Waals surface area (Å²) in [4.78, 5) is 14.9. The number of carbonyl (C=O) groups is 1. The van der Waals surface area contributed by atoms with Crippen LogP contribution in [0, 0.1) is 0 Å². The molecule has 1 aromatic heterocycles. The van der Waals surface area contributed by atoms with E-state index in [1.165, 1.54) is 0 Å². The minimum Gasteiger partial charge on any atom is -0.497 e.